The monoisotopic (exact) mass is 324 g/mol. The molecule has 23 heavy (non-hydrogen) atoms. The van der Waals surface area contributed by atoms with Gasteiger partial charge in [-0.3, -0.25) is 4.79 Å². The molecule has 2 heterocycles. The van der Waals surface area contributed by atoms with Gasteiger partial charge in [0.15, 0.2) is 11.6 Å². The Morgan fingerprint density at radius 1 is 1.00 bits per heavy atom. The minimum Gasteiger partial charge on any atom is -0.339 e. The number of aryl methyl sites for hydroxylation is 2. The molecule has 0 bridgehead atoms. The van der Waals surface area contributed by atoms with Crippen molar-refractivity contribution in [1.29, 1.82) is 0 Å². The molecule has 0 aliphatic carbocycles. The fourth-order valence-corrected chi connectivity index (χ4v) is 2.86. The maximum atomic E-state index is 11.9. The van der Waals surface area contributed by atoms with Crippen molar-refractivity contribution >= 4 is 34.6 Å². The van der Waals surface area contributed by atoms with Crippen LogP contribution in [0.3, 0.4) is 0 Å². The highest BCUT2D eigenvalue weighted by Gasteiger charge is 2.08. The van der Waals surface area contributed by atoms with Gasteiger partial charge in [0.1, 0.15) is 0 Å². The van der Waals surface area contributed by atoms with Crippen LogP contribution in [0.2, 0.25) is 0 Å². The summed E-state index contributed by atoms with van der Waals surface area (Å²) in [5, 5.41) is 15.9. The normalized spacial score (nSPS) is 10.3. The Balaban J connectivity index is 1.68. The summed E-state index contributed by atoms with van der Waals surface area (Å²) in [4.78, 5) is 12.6. The minimum absolute atomic E-state index is 0.177. The maximum absolute atomic E-state index is 11.9. The molecule has 1 aromatic carbocycles. The standard InChI is InChI=1S/C17H16N4OS/c1-11-8-12(2)10-13(9-11)18-15-5-6-16(21-20-15)19-17(22)14-4-3-7-23-14/h3-10H,1-2H3,(H,18,20)(H,19,21,22). The molecule has 6 heteroatoms. The molecule has 0 fully saturated rings. The van der Waals surface area contributed by atoms with Gasteiger partial charge in [-0.15, -0.1) is 21.5 Å². The van der Waals surface area contributed by atoms with Crippen LogP contribution in [0.1, 0.15) is 20.8 Å². The van der Waals surface area contributed by atoms with Crippen molar-refractivity contribution < 1.29 is 4.79 Å². The van der Waals surface area contributed by atoms with Crippen LogP contribution in [0, 0.1) is 13.8 Å². The smallest absolute Gasteiger partial charge is 0.266 e. The van der Waals surface area contributed by atoms with Crippen molar-refractivity contribution in [2.24, 2.45) is 0 Å². The van der Waals surface area contributed by atoms with E-state index in [1.807, 2.05) is 37.4 Å². The van der Waals surface area contributed by atoms with Crippen molar-refractivity contribution in [3.8, 4) is 0 Å². The number of thiophene rings is 1. The zero-order valence-corrected chi connectivity index (χ0v) is 13.6. The number of nitrogens with zero attached hydrogens (tertiary/aromatic N) is 2. The summed E-state index contributed by atoms with van der Waals surface area (Å²) in [5.74, 6) is 0.878. The molecular weight excluding hydrogens is 308 g/mol. The molecule has 1 amide bonds. The quantitative estimate of drug-likeness (QED) is 0.756. The van der Waals surface area contributed by atoms with Gasteiger partial charge < -0.3 is 10.6 Å². The first kappa shape index (κ1) is 15.2. The number of aromatic nitrogens is 2. The molecule has 0 radical (unpaired) electrons. The molecular formula is C17H16N4OS. The van der Waals surface area contributed by atoms with Gasteiger partial charge in [0.05, 0.1) is 4.88 Å². The molecule has 116 valence electrons. The average molecular weight is 324 g/mol. The molecule has 3 rings (SSSR count). The Morgan fingerprint density at radius 3 is 2.30 bits per heavy atom. The van der Waals surface area contributed by atoms with Crippen molar-refractivity contribution in [3.63, 3.8) is 0 Å². The van der Waals surface area contributed by atoms with E-state index in [-0.39, 0.29) is 5.91 Å². The molecule has 3 aromatic rings. The molecule has 2 aromatic heterocycles. The lowest BCUT2D eigenvalue weighted by molar-refractivity contribution is 0.103. The summed E-state index contributed by atoms with van der Waals surface area (Å²) in [6, 6.07) is 13.3. The molecule has 0 saturated heterocycles. The number of carbonyl (C=O) groups is 1. The van der Waals surface area contributed by atoms with Gasteiger partial charge >= 0.3 is 0 Å². The fourth-order valence-electron chi connectivity index (χ4n) is 2.25. The van der Waals surface area contributed by atoms with Gasteiger partial charge in [-0.25, -0.2) is 0 Å². The molecule has 0 spiro atoms. The summed E-state index contributed by atoms with van der Waals surface area (Å²) in [6.07, 6.45) is 0. The Labute approximate surface area is 138 Å². The van der Waals surface area contributed by atoms with Gasteiger partial charge in [0.25, 0.3) is 5.91 Å². The number of amides is 1. The van der Waals surface area contributed by atoms with Crippen LogP contribution in [0.25, 0.3) is 0 Å². The van der Waals surface area contributed by atoms with E-state index in [1.165, 1.54) is 22.5 Å². The summed E-state index contributed by atoms with van der Waals surface area (Å²) < 4.78 is 0. The van der Waals surface area contributed by atoms with Gasteiger partial charge in [-0.1, -0.05) is 12.1 Å². The Morgan fingerprint density at radius 2 is 1.70 bits per heavy atom. The van der Waals surface area contributed by atoms with Crippen LogP contribution in [0.5, 0.6) is 0 Å². The van der Waals surface area contributed by atoms with E-state index in [9.17, 15) is 4.79 Å². The van der Waals surface area contributed by atoms with Gasteiger partial charge in [-0.2, -0.15) is 0 Å². The summed E-state index contributed by atoms with van der Waals surface area (Å²) >= 11 is 1.39. The fraction of sp³-hybridized carbons (Fsp3) is 0.118. The topological polar surface area (TPSA) is 66.9 Å². The van der Waals surface area contributed by atoms with E-state index >= 15 is 0 Å². The van der Waals surface area contributed by atoms with Crippen LogP contribution >= 0.6 is 11.3 Å². The first-order valence-electron chi connectivity index (χ1n) is 7.14. The van der Waals surface area contributed by atoms with Crippen LogP contribution in [-0.2, 0) is 0 Å². The molecule has 2 N–H and O–H groups in total. The molecule has 0 saturated carbocycles. The first-order chi connectivity index (χ1) is 11.1. The third-order valence-electron chi connectivity index (χ3n) is 3.15. The lowest BCUT2D eigenvalue weighted by Gasteiger charge is -2.08. The van der Waals surface area contributed by atoms with Crippen LogP contribution < -0.4 is 10.6 Å². The first-order valence-corrected chi connectivity index (χ1v) is 8.02. The Kier molecular flexibility index (Phi) is 4.34. The van der Waals surface area contributed by atoms with E-state index in [0.717, 1.165) is 5.69 Å². The Bertz CT molecular complexity index is 793. The molecule has 0 aliphatic rings. The summed E-state index contributed by atoms with van der Waals surface area (Å²) in [5.41, 5.74) is 3.33. The van der Waals surface area contributed by atoms with Crippen molar-refractivity contribution in [3.05, 3.63) is 63.8 Å². The van der Waals surface area contributed by atoms with E-state index < -0.39 is 0 Å². The third kappa shape index (κ3) is 3.92. The number of carbonyl (C=O) groups excluding carboxylic acids is 1. The van der Waals surface area contributed by atoms with Crippen molar-refractivity contribution in [2.45, 2.75) is 13.8 Å². The van der Waals surface area contributed by atoms with Gasteiger partial charge in [0, 0.05) is 5.69 Å². The zero-order valence-electron chi connectivity index (χ0n) is 12.8. The largest absolute Gasteiger partial charge is 0.339 e. The van der Waals surface area contributed by atoms with Crippen LogP contribution in [0.4, 0.5) is 17.3 Å². The van der Waals surface area contributed by atoms with E-state index in [0.29, 0.717) is 16.5 Å². The number of hydrogen-bond donors (Lipinski definition) is 2. The SMILES string of the molecule is Cc1cc(C)cc(Nc2ccc(NC(=O)c3cccs3)nn2)c1. The average Bonchev–Trinajstić information content (AvgIpc) is 3.02. The lowest BCUT2D eigenvalue weighted by Crippen LogP contribution is -2.12. The number of rotatable bonds is 4. The second-order valence-electron chi connectivity index (χ2n) is 5.24. The van der Waals surface area contributed by atoms with Crippen LogP contribution in [0.15, 0.2) is 47.8 Å². The third-order valence-corrected chi connectivity index (χ3v) is 4.01. The molecule has 0 aliphatic heterocycles. The number of nitrogens with one attached hydrogen (secondary N) is 2. The minimum atomic E-state index is -0.177. The molecule has 0 atom stereocenters. The number of hydrogen-bond acceptors (Lipinski definition) is 5. The van der Waals surface area contributed by atoms with E-state index in [4.69, 9.17) is 0 Å². The predicted molar refractivity (Wildman–Crippen MR) is 93.5 cm³/mol. The lowest BCUT2D eigenvalue weighted by atomic mass is 10.1. The van der Waals surface area contributed by atoms with Crippen molar-refractivity contribution in [1.82, 2.24) is 10.2 Å². The number of benzene rings is 1. The van der Waals surface area contributed by atoms with E-state index in [1.54, 1.807) is 18.2 Å². The van der Waals surface area contributed by atoms with Gasteiger partial charge in [-0.05, 0) is 60.7 Å². The zero-order chi connectivity index (χ0) is 16.2. The van der Waals surface area contributed by atoms with Crippen molar-refractivity contribution in [2.75, 3.05) is 10.6 Å². The summed E-state index contributed by atoms with van der Waals surface area (Å²) in [7, 11) is 0. The highest BCUT2D eigenvalue weighted by atomic mass is 32.1. The second-order valence-corrected chi connectivity index (χ2v) is 6.18. The van der Waals surface area contributed by atoms with Gasteiger partial charge in [0.2, 0.25) is 0 Å². The highest BCUT2D eigenvalue weighted by molar-refractivity contribution is 7.12. The number of anilines is 3. The predicted octanol–water partition coefficient (Wildman–Crippen LogP) is 4.15. The highest BCUT2D eigenvalue weighted by Crippen LogP contribution is 2.18. The second kappa shape index (κ2) is 6.58. The maximum Gasteiger partial charge on any atom is 0.266 e. The van der Waals surface area contributed by atoms with E-state index in [2.05, 4.69) is 26.9 Å². The summed E-state index contributed by atoms with van der Waals surface area (Å²) in [6.45, 7) is 4.10. The van der Waals surface area contributed by atoms with Crippen LogP contribution in [-0.4, -0.2) is 16.1 Å². The Hall–Kier alpha value is -2.73. The molecule has 5 nitrogen and oxygen atoms in total. The molecule has 0 unspecified atom stereocenters.